The number of alkyl halides is 1. The largest absolute Gasteiger partial charge is 0.479 e. The van der Waals surface area contributed by atoms with Crippen LogP contribution in [-0.2, 0) is 10.5 Å². The molecule has 14 heavy (non-hydrogen) atoms. The number of hydrogen-bond donors (Lipinski definition) is 2. The SMILES string of the molecule is NCC(F)(C(=O)O)c1ccc(F)cc1. The minimum Gasteiger partial charge on any atom is -0.479 e. The van der Waals surface area contributed by atoms with Crippen LogP contribution in [0.25, 0.3) is 0 Å². The maximum Gasteiger partial charge on any atom is 0.347 e. The summed E-state index contributed by atoms with van der Waals surface area (Å²) in [5.74, 6) is -2.23. The van der Waals surface area contributed by atoms with Crippen LogP contribution in [0.3, 0.4) is 0 Å². The summed E-state index contributed by atoms with van der Waals surface area (Å²) in [6, 6.07) is 4.11. The zero-order valence-corrected chi connectivity index (χ0v) is 7.21. The number of aliphatic carboxylic acids is 1. The van der Waals surface area contributed by atoms with E-state index in [4.69, 9.17) is 10.8 Å². The molecule has 0 spiro atoms. The van der Waals surface area contributed by atoms with E-state index in [9.17, 15) is 13.6 Å². The molecule has 1 unspecified atom stereocenters. The van der Waals surface area contributed by atoms with Crippen LogP contribution < -0.4 is 5.73 Å². The summed E-state index contributed by atoms with van der Waals surface area (Å²) in [6.45, 7) is -0.687. The van der Waals surface area contributed by atoms with Crippen molar-refractivity contribution in [1.82, 2.24) is 0 Å². The van der Waals surface area contributed by atoms with Crippen molar-refractivity contribution in [2.75, 3.05) is 6.54 Å². The van der Waals surface area contributed by atoms with Gasteiger partial charge in [0, 0.05) is 12.1 Å². The average Bonchev–Trinajstić information content (AvgIpc) is 2.17. The lowest BCUT2D eigenvalue weighted by Crippen LogP contribution is -2.38. The van der Waals surface area contributed by atoms with Crippen molar-refractivity contribution in [1.29, 1.82) is 0 Å². The molecule has 0 aromatic heterocycles. The molecule has 0 amide bonds. The van der Waals surface area contributed by atoms with Gasteiger partial charge in [0.1, 0.15) is 5.82 Å². The van der Waals surface area contributed by atoms with E-state index in [1.165, 1.54) is 0 Å². The Morgan fingerprint density at radius 2 is 1.93 bits per heavy atom. The summed E-state index contributed by atoms with van der Waals surface area (Å²) < 4.78 is 26.1. The minimum atomic E-state index is -2.65. The molecule has 3 nitrogen and oxygen atoms in total. The van der Waals surface area contributed by atoms with Gasteiger partial charge in [-0.3, -0.25) is 0 Å². The summed E-state index contributed by atoms with van der Waals surface area (Å²) in [4.78, 5) is 10.6. The van der Waals surface area contributed by atoms with Crippen molar-refractivity contribution in [3.8, 4) is 0 Å². The van der Waals surface area contributed by atoms with E-state index in [0.717, 1.165) is 24.3 Å². The minimum absolute atomic E-state index is 0.158. The third-order valence-electron chi connectivity index (χ3n) is 1.92. The highest BCUT2D eigenvalue weighted by Gasteiger charge is 2.39. The first-order chi connectivity index (χ1) is 6.50. The molecule has 0 aliphatic carbocycles. The molecule has 0 radical (unpaired) electrons. The van der Waals surface area contributed by atoms with Gasteiger partial charge >= 0.3 is 5.97 Å². The Morgan fingerprint density at radius 1 is 1.43 bits per heavy atom. The normalized spacial score (nSPS) is 14.8. The average molecular weight is 201 g/mol. The van der Waals surface area contributed by atoms with Crippen molar-refractivity contribution >= 4 is 5.97 Å². The van der Waals surface area contributed by atoms with E-state index in [-0.39, 0.29) is 5.56 Å². The second kappa shape index (κ2) is 3.71. The summed E-state index contributed by atoms with van der Waals surface area (Å²) in [6.07, 6.45) is 0. The second-order valence-corrected chi connectivity index (χ2v) is 2.82. The highest BCUT2D eigenvalue weighted by atomic mass is 19.1. The number of halogens is 2. The third-order valence-corrected chi connectivity index (χ3v) is 1.92. The second-order valence-electron chi connectivity index (χ2n) is 2.82. The van der Waals surface area contributed by atoms with Crippen molar-refractivity contribution < 1.29 is 18.7 Å². The fraction of sp³-hybridized carbons (Fsp3) is 0.222. The van der Waals surface area contributed by atoms with Crippen LogP contribution in [0.2, 0.25) is 0 Å². The van der Waals surface area contributed by atoms with Gasteiger partial charge in [0.05, 0.1) is 0 Å². The smallest absolute Gasteiger partial charge is 0.347 e. The quantitative estimate of drug-likeness (QED) is 0.767. The molecule has 1 aromatic rings. The molecule has 1 rings (SSSR count). The van der Waals surface area contributed by atoms with Crippen LogP contribution in [-0.4, -0.2) is 17.6 Å². The van der Waals surface area contributed by atoms with Crippen LogP contribution in [0.5, 0.6) is 0 Å². The lowest BCUT2D eigenvalue weighted by molar-refractivity contribution is -0.150. The Bertz CT molecular complexity index is 339. The molecule has 3 N–H and O–H groups in total. The number of benzene rings is 1. The van der Waals surface area contributed by atoms with Crippen LogP contribution in [0.1, 0.15) is 5.56 Å². The first-order valence-corrected chi connectivity index (χ1v) is 3.89. The zero-order chi connectivity index (χ0) is 10.8. The predicted octanol–water partition coefficient (Wildman–Crippen LogP) is 1.03. The summed E-state index contributed by atoms with van der Waals surface area (Å²) in [7, 11) is 0. The van der Waals surface area contributed by atoms with Crippen LogP contribution in [0.15, 0.2) is 24.3 Å². The maximum atomic E-state index is 13.7. The predicted molar refractivity (Wildman–Crippen MR) is 45.9 cm³/mol. The number of carboxylic acids is 1. The fourth-order valence-electron chi connectivity index (χ4n) is 1.04. The van der Waals surface area contributed by atoms with E-state index >= 15 is 0 Å². The van der Waals surface area contributed by atoms with Gasteiger partial charge in [0.15, 0.2) is 0 Å². The molecule has 0 fully saturated rings. The Morgan fingerprint density at radius 3 is 2.29 bits per heavy atom. The van der Waals surface area contributed by atoms with Crippen molar-refractivity contribution in [2.45, 2.75) is 5.67 Å². The molecular weight excluding hydrogens is 192 g/mol. The van der Waals surface area contributed by atoms with Crippen molar-refractivity contribution in [2.24, 2.45) is 5.73 Å². The molecule has 5 heteroatoms. The van der Waals surface area contributed by atoms with Crippen molar-refractivity contribution in [3.63, 3.8) is 0 Å². The Hall–Kier alpha value is -1.49. The van der Waals surface area contributed by atoms with Crippen LogP contribution in [0.4, 0.5) is 8.78 Å². The van der Waals surface area contributed by atoms with Gasteiger partial charge in [-0.05, 0) is 12.1 Å². The number of nitrogens with two attached hydrogens (primary N) is 1. The van der Waals surface area contributed by atoms with Gasteiger partial charge in [0.25, 0.3) is 0 Å². The Kier molecular flexibility index (Phi) is 2.81. The standard InChI is InChI=1S/C9H9F2NO2/c10-7-3-1-6(2-4-7)9(11,5-12)8(13)14/h1-4H,5,12H2,(H,13,14). The highest BCUT2D eigenvalue weighted by Crippen LogP contribution is 2.25. The van der Waals surface area contributed by atoms with Crippen LogP contribution in [0, 0.1) is 5.82 Å². The number of rotatable bonds is 3. The summed E-state index contributed by atoms with van der Waals surface area (Å²) >= 11 is 0. The first kappa shape index (κ1) is 10.6. The molecule has 0 bridgehead atoms. The van der Waals surface area contributed by atoms with E-state index in [0.29, 0.717) is 0 Å². The van der Waals surface area contributed by atoms with E-state index in [2.05, 4.69) is 0 Å². The van der Waals surface area contributed by atoms with Crippen LogP contribution >= 0.6 is 0 Å². The number of hydrogen-bond acceptors (Lipinski definition) is 2. The highest BCUT2D eigenvalue weighted by molar-refractivity contribution is 5.79. The lowest BCUT2D eigenvalue weighted by atomic mass is 9.96. The number of carbonyl (C=O) groups is 1. The zero-order valence-electron chi connectivity index (χ0n) is 7.21. The third kappa shape index (κ3) is 1.72. The topological polar surface area (TPSA) is 63.3 Å². The summed E-state index contributed by atoms with van der Waals surface area (Å²) in [5.41, 5.74) is 2.22. The molecule has 0 saturated carbocycles. The van der Waals surface area contributed by atoms with Crippen molar-refractivity contribution in [3.05, 3.63) is 35.6 Å². The van der Waals surface area contributed by atoms with Gasteiger partial charge in [-0.15, -0.1) is 0 Å². The van der Waals surface area contributed by atoms with Gasteiger partial charge in [-0.25, -0.2) is 13.6 Å². The summed E-state index contributed by atoms with van der Waals surface area (Å²) in [5, 5.41) is 8.61. The van der Waals surface area contributed by atoms with Gasteiger partial charge in [-0.1, -0.05) is 12.1 Å². The lowest BCUT2D eigenvalue weighted by Gasteiger charge is -2.18. The number of carboxylic acid groups (broad SMARTS) is 1. The van der Waals surface area contributed by atoms with E-state index in [1.807, 2.05) is 0 Å². The van der Waals surface area contributed by atoms with Gasteiger partial charge in [-0.2, -0.15) is 0 Å². The molecule has 1 atom stereocenters. The molecule has 0 aliphatic heterocycles. The van der Waals surface area contributed by atoms with Gasteiger partial charge in [0.2, 0.25) is 5.67 Å². The molecule has 0 aliphatic rings. The molecule has 0 saturated heterocycles. The van der Waals surface area contributed by atoms with E-state index in [1.54, 1.807) is 0 Å². The maximum absolute atomic E-state index is 13.7. The Labute approximate surface area is 79.2 Å². The monoisotopic (exact) mass is 201 g/mol. The molecule has 76 valence electrons. The molecule has 1 aromatic carbocycles. The van der Waals surface area contributed by atoms with Gasteiger partial charge < -0.3 is 10.8 Å². The molecular formula is C9H9F2NO2. The first-order valence-electron chi connectivity index (χ1n) is 3.89. The molecule has 0 heterocycles. The Balaban J connectivity index is 3.13. The fourth-order valence-corrected chi connectivity index (χ4v) is 1.04. The van der Waals surface area contributed by atoms with E-state index < -0.39 is 24.0 Å².